The summed E-state index contributed by atoms with van der Waals surface area (Å²) in [4.78, 5) is 8.51. The molecule has 1 unspecified atom stereocenters. The third-order valence-electron chi connectivity index (χ3n) is 2.60. The maximum atomic E-state index is 5.33. The highest BCUT2D eigenvalue weighted by Gasteiger charge is 2.17. The van der Waals surface area contributed by atoms with Gasteiger partial charge in [0.05, 0.1) is 13.2 Å². The van der Waals surface area contributed by atoms with Crippen LogP contribution < -0.4 is 10.1 Å². The van der Waals surface area contributed by atoms with Gasteiger partial charge in [0.1, 0.15) is 11.4 Å². The van der Waals surface area contributed by atoms with E-state index in [1.54, 1.807) is 19.5 Å². The molecule has 0 bridgehead atoms. The van der Waals surface area contributed by atoms with Crippen molar-refractivity contribution in [3.63, 3.8) is 0 Å². The van der Waals surface area contributed by atoms with Crippen molar-refractivity contribution in [2.75, 3.05) is 14.2 Å². The summed E-state index contributed by atoms with van der Waals surface area (Å²) in [7, 11) is 3.54. The molecule has 4 heteroatoms. The standard InChI is InChI=1S/C13H15N3O/c1-14-12(10-5-3-7-15-9-10)13-11(17-2)6-4-8-16-13/h3-9,12,14H,1-2H3. The van der Waals surface area contributed by atoms with E-state index >= 15 is 0 Å². The summed E-state index contributed by atoms with van der Waals surface area (Å²) in [5.74, 6) is 0.774. The van der Waals surface area contributed by atoms with E-state index in [0.717, 1.165) is 17.0 Å². The molecule has 2 heterocycles. The van der Waals surface area contributed by atoms with E-state index in [0.29, 0.717) is 0 Å². The van der Waals surface area contributed by atoms with Gasteiger partial charge in [0.2, 0.25) is 0 Å². The van der Waals surface area contributed by atoms with Crippen LogP contribution in [0, 0.1) is 0 Å². The molecule has 0 saturated carbocycles. The van der Waals surface area contributed by atoms with E-state index in [4.69, 9.17) is 4.74 Å². The molecule has 4 nitrogen and oxygen atoms in total. The Kier molecular flexibility index (Phi) is 3.67. The van der Waals surface area contributed by atoms with E-state index in [9.17, 15) is 0 Å². The number of aromatic nitrogens is 2. The van der Waals surface area contributed by atoms with Crippen LogP contribution in [0.1, 0.15) is 17.3 Å². The first-order valence-corrected chi connectivity index (χ1v) is 5.43. The van der Waals surface area contributed by atoms with Gasteiger partial charge in [-0.25, -0.2) is 0 Å². The van der Waals surface area contributed by atoms with E-state index in [1.807, 2.05) is 37.5 Å². The Balaban J connectivity index is 2.42. The molecular weight excluding hydrogens is 214 g/mol. The molecule has 17 heavy (non-hydrogen) atoms. The van der Waals surface area contributed by atoms with Crippen molar-refractivity contribution in [1.29, 1.82) is 0 Å². The fourth-order valence-corrected chi connectivity index (χ4v) is 1.80. The first-order chi connectivity index (χ1) is 8.36. The lowest BCUT2D eigenvalue weighted by molar-refractivity contribution is 0.401. The van der Waals surface area contributed by atoms with Crippen molar-refractivity contribution in [3.05, 3.63) is 54.1 Å². The number of rotatable bonds is 4. The zero-order chi connectivity index (χ0) is 12.1. The van der Waals surface area contributed by atoms with Gasteiger partial charge in [-0.1, -0.05) is 6.07 Å². The number of hydrogen-bond donors (Lipinski definition) is 1. The summed E-state index contributed by atoms with van der Waals surface area (Å²) in [6, 6.07) is 7.68. The predicted octanol–water partition coefficient (Wildman–Crippen LogP) is 1.79. The van der Waals surface area contributed by atoms with Gasteiger partial charge in [0.15, 0.2) is 0 Å². The second-order valence-electron chi connectivity index (χ2n) is 3.60. The Morgan fingerprint density at radius 2 is 2.06 bits per heavy atom. The molecule has 1 N–H and O–H groups in total. The molecule has 0 aliphatic rings. The third-order valence-corrected chi connectivity index (χ3v) is 2.60. The molecule has 0 saturated heterocycles. The lowest BCUT2D eigenvalue weighted by Crippen LogP contribution is -2.19. The minimum absolute atomic E-state index is 0.0140. The zero-order valence-corrected chi connectivity index (χ0v) is 9.92. The van der Waals surface area contributed by atoms with Crippen LogP contribution in [-0.4, -0.2) is 24.1 Å². The zero-order valence-electron chi connectivity index (χ0n) is 9.92. The first-order valence-electron chi connectivity index (χ1n) is 5.43. The smallest absolute Gasteiger partial charge is 0.142 e. The van der Waals surface area contributed by atoms with Crippen LogP contribution in [0.4, 0.5) is 0 Å². The normalized spacial score (nSPS) is 12.1. The van der Waals surface area contributed by atoms with Crippen LogP contribution in [-0.2, 0) is 0 Å². The molecule has 2 rings (SSSR count). The Hall–Kier alpha value is -1.94. The average Bonchev–Trinajstić information content (AvgIpc) is 2.41. The highest BCUT2D eigenvalue weighted by molar-refractivity contribution is 5.35. The Bertz CT molecular complexity index is 473. The fraction of sp³-hybridized carbons (Fsp3) is 0.231. The molecular formula is C13H15N3O. The molecule has 88 valence electrons. The Morgan fingerprint density at radius 1 is 1.24 bits per heavy atom. The summed E-state index contributed by atoms with van der Waals surface area (Å²) < 4.78 is 5.33. The van der Waals surface area contributed by atoms with Crippen molar-refractivity contribution >= 4 is 0 Å². The predicted molar refractivity (Wildman–Crippen MR) is 65.9 cm³/mol. The maximum absolute atomic E-state index is 5.33. The van der Waals surface area contributed by atoms with Crippen LogP contribution in [0.5, 0.6) is 5.75 Å². The molecule has 1 atom stereocenters. The Labute approximate surface area is 101 Å². The molecule has 0 amide bonds. The average molecular weight is 229 g/mol. The van der Waals surface area contributed by atoms with E-state index in [2.05, 4.69) is 15.3 Å². The summed E-state index contributed by atoms with van der Waals surface area (Å²) >= 11 is 0. The highest BCUT2D eigenvalue weighted by Crippen LogP contribution is 2.26. The number of methoxy groups -OCH3 is 1. The molecule has 2 aromatic rings. The van der Waals surface area contributed by atoms with E-state index in [-0.39, 0.29) is 6.04 Å². The van der Waals surface area contributed by atoms with Crippen LogP contribution in [0.2, 0.25) is 0 Å². The van der Waals surface area contributed by atoms with Gasteiger partial charge in [-0.05, 0) is 30.8 Å². The number of pyridine rings is 2. The van der Waals surface area contributed by atoms with Crippen molar-refractivity contribution in [3.8, 4) is 5.75 Å². The van der Waals surface area contributed by atoms with Crippen molar-refractivity contribution in [2.24, 2.45) is 0 Å². The fourth-order valence-electron chi connectivity index (χ4n) is 1.80. The van der Waals surface area contributed by atoms with Gasteiger partial charge in [0.25, 0.3) is 0 Å². The summed E-state index contributed by atoms with van der Waals surface area (Å²) in [5.41, 5.74) is 1.93. The molecule has 0 fully saturated rings. The molecule has 0 aliphatic carbocycles. The van der Waals surface area contributed by atoms with Crippen molar-refractivity contribution in [1.82, 2.24) is 15.3 Å². The SMILES string of the molecule is CNC(c1cccnc1)c1ncccc1OC. The molecule has 2 aromatic heterocycles. The summed E-state index contributed by atoms with van der Waals surface area (Å²) in [5, 5.41) is 3.23. The highest BCUT2D eigenvalue weighted by atomic mass is 16.5. The minimum atomic E-state index is -0.0140. The quantitative estimate of drug-likeness (QED) is 0.868. The van der Waals surface area contributed by atoms with E-state index in [1.165, 1.54) is 0 Å². The van der Waals surface area contributed by atoms with Gasteiger partial charge in [0, 0.05) is 18.6 Å². The van der Waals surface area contributed by atoms with Crippen LogP contribution in [0.15, 0.2) is 42.9 Å². The lowest BCUT2D eigenvalue weighted by atomic mass is 10.0. The second kappa shape index (κ2) is 5.41. The monoisotopic (exact) mass is 229 g/mol. The largest absolute Gasteiger partial charge is 0.495 e. The second-order valence-corrected chi connectivity index (χ2v) is 3.60. The van der Waals surface area contributed by atoms with Crippen LogP contribution in [0.3, 0.4) is 0 Å². The van der Waals surface area contributed by atoms with Crippen molar-refractivity contribution < 1.29 is 4.74 Å². The van der Waals surface area contributed by atoms with Gasteiger partial charge in [-0.2, -0.15) is 0 Å². The van der Waals surface area contributed by atoms with Gasteiger partial charge in [-0.15, -0.1) is 0 Å². The Morgan fingerprint density at radius 3 is 2.71 bits per heavy atom. The van der Waals surface area contributed by atoms with Crippen LogP contribution in [0.25, 0.3) is 0 Å². The first kappa shape index (κ1) is 11.5. The summed E-state index contributed by atoms with van der Waals surface area (Å²) in [6.07, 6.45) is 5.35. The lowest BCUT2D eigenvalue weighted by Gasteiger charge is -2.17. The molecule has 0 aromatic carbocycles. The van der Waals surface area contributed by atoms with Crippen LogP contribution >= 0.6 is 0 Å². The topological polar surface area (TPSA) is 47.0 Å². The number of nitrogens with one attached hydrogen (secondary N) is 1. The minimum Gasteiger partial charge on any atom is -0.495 e. The number of hydrogen-bond acceptors (Lipinski definition) is 4. The molecule has 0 radical (unpaired) electrons. The van der Waals surface area contributed by atoms with Crippen molar-refractivity contribution in [2.45, 2.75) is 6.04 Å². The summed E-state index contributed by atoms with van der Waals surface area (Å²) in [6.45, 7) is 0. The van der Waals surface area contributed by atoms with Gasteiger partial charge in [-0.3, -0.25) is 9.97 Å². The van der Waals surface area contributed by atoms with E-state index < -0.39 is 0 Å². The molecule has 0 aliphatic heterocycles. The van der Waals surface area contributed by atoms with Gasteiger partial charge >= 0.3 is 0 Å². The third kappa shape index (κ3) is 2.42. The van der Waals surface area contributed by atoms with Gasteiger partial charge < -0.3 is 10.1 Å². The number of nitrogens with zero attached hydrogens (tertiary/aromatic N) is 2. The molecule has 0 spiro atoms. The maximum Gasteiger partial charge on any atom is 0.142 e. The number of ether oxygens (including phenoxy) is 1.